The van der Waals surface area contributed by atoms with Crippen molar-refractivity contribution in [2.75, 3.05) is 12.3 Å². The van der Waals surface area contributed by atoms with Crippen LogP contribution in [-0.2, 0) is 11.2 Å². The summed E-state index contributed by atoms with van der Waals surface area (Å²) >= 11 is 7.64. The van der Waals surface area contributed by atoms with E-state index in [4.69, 9.17) is 16.0 Å². The summed E-state index contributed by atoms with van der Waals surface area (Å²) in [5.41, 5.74) is 3.50. The van der Waals surface area contributed by atoms with Crippen molar-refractivity contribution in [2.24, 2.45) is 0 Å². The Morgan fingerprint density at radius 2 is 1.93 bits per heavy atom. The normalized spacial score (nSPS) is 10.8. The number of halogens is 1. The lowest BCUT2D eigenvalue weighted by Crippen LogP contribution is -2.25. The number of oxazole rings is 1. The number of aryl methyl sites for hydroxylation is 3. The van der Waals surface area contributed by atoms with Gasteiger partial charge in [-0.1, -0.05) is 17.7 Å². The Balaban J connectivity index is 1.38. The first-order chi connectivity index (χ1) is 13.5. The van der Waals surface area contributed by atoms with E-state index in [0.29, 0.717) is 36.1 Å². The van der Waals surface area contributed by atoms with E-state index in [9.17, 15) is 4.79 Å². The van der Waals surface area contributed by atoms with Gasteiger partial charge in [-0.3, -0.25) is 4.79 Å². The molecule has 0 aliphatic rings. The van der Waals surface area contributed by atoms with Gasteiger partial charge in [0.1, 0.15) is 0 Å². The molecule has 0 radical (unpaired) electrons. The smallest absolute Gasteiger partial charge is 0.220 e. The highest BCUT2D eigenvalue weighted by Crippen LogP contribution is 2.23. The Hall–Kier alpha value is -2.24. The Labute approximate surface area is 174 Å². The van der Waals surface area contributed by atoms with Gasteiger partial charge in [0.2, 0.25) is 5.91 Å². The molecule has 0 aliphatic heterocycles. The van der Waals surface area contributed by atoms with Gasteiger partial charge >= 0.3 is 0 Å². The van der Waals surface area contributed by atoms with Gasteiger partial charge in [0.15, 0.2) is 11.7 Å². The van der Waals surface area contributed by atoms with Gasteiger partial charge in [0, 0.05) is 40.6 Å². The van der Waals surface area contributed by atoms with E-state index in [-0.39, 0.29) is 5.91 Å². The van der Waals surface area contributed by atoms with E-state index in [0.717, 1.165) is 11.3 Å². The number of hydrogen-bond donors (Lipinski definition) is 1. The number of thioether (sulfide) groups is 1. The summed E-state index contributed by atoms with van der Waals surface area (Å²) in [4.78, 5) is 17.5. The molecule has 0 spiro atoms. The Kier molecular flexibility index (Phi) is 7.18. The molecule has 0 saturated heterocycles. The highest BCUT2D eigenvalue weighted by molar-refractivity contribution is 7.99. The van der Waals surface area contributed by atoms with Crippen molar-refractivity contribution in [1.29, 1.82) is 0 Å². The molecule has 0 bridgehead atoms. The van der Waals surface area contributed by atoms with Crippen LogP contribution in [0.4, 0.5) is 0 Å². The lowest BCUT2D eigenvalue weighted by Gasteiger charge is -2.06. The minimum absolute atomic E-state index is 0.00642. The molecule has 0 unspecified atom stereocenters. The second kappa shape index (κ2) is 9.80. The first-order valence-electron chi connectivity index (χ1n) is 9.18. The fourth-order valence-corrected chi connectivity index (χ4v) is 3.64. The van der Waals surface area contributed by atoms with Crippen molar-refractivity contribution in [3.05, 3.63) is 70.7 Å². The number of nitrogens with zero attached hydrogens (tertiary/aromatic N) is 1. The number of carbonyl (C=O) groups is 1. The maximum atomic E-state index is 12.0. The molecule has 0 saturated carbocycles. The minimum Gasteiger partial charge on any atom is -0.441 e. The second-order valence-electron chi connectivity index (χ2n) is 6.57. The number of rotatable bonds is 8. The fourth-order valence-electron chi connectivity index (χ4n) is 2.65. The first-order valence-corrected chi connectivity index (χ1v) is 10.5. The van der Waals surface area contributed by atoms with E-state index in [2.05, 4.69) is 42.3 Å². The predicted octanol–water partition coefficient (Wildman–Crippen LogP) is 5.45. The van der Waals surface area contributed by atoms with E-state index in [1.54, 1.807) is 18.0 Å². The average molecular weight is 415 g/mol. The number of amides is 1. The third-order valence-electron chi connectivity index (χ3n) is 4.42. The van der Waals surface area contributed by atoms with Crippen LogP contribution >= 0.6 is 23.4 Å². The lowest BCUT2D eigenvalue weighted by molar-refractivity contribution is -0.121. The minimum atomic E-state index is 0.00642. The van der Waals surface area contributed by atoms with E-state index in [1.807, 2.05) is 24.3 Å². The Bertz CT molecular complexity index is 938. The predicted molar refractivity (Wildman–Crippen MR) is 115 cm³/mol. The fraction of sp³-hybridized carbons (Fsp3) is 0.273. The third-order valence-corrected chi connectivity index (χ3v) is 5.67. The molecule has 1 amide bonds. The van der Waals surface area contributed by atoms with Gasteiger partial charge in [-0.2, -0.15) is 0 Å². The molecule has 0 atom stereocenters. The number of nitrogens with one attached hydrogen (secondary N) is 1. The molecular formula is C22H23ClN2O2S. The van der Waals surface area contributed by atoms with Crippen LogP contribution in [0.2, 0.25) is 5.02 Å². The standard InChI is InChI=1S/C22H23ClN2O2S/c1-15-3-8-19(13-16(15)2)28-12-11-24-21(26)9-10-22-25-14-20(27-22)17-4-6-18(23)7-5-17/h3-8,13-14H,9-12H2,1-2H3,(H,24,26). The molecule has 1 aromatic heterocycles. The molecule has 0 aliphatic carbocycles. The summed E-state index contributed by atoms with van der Waals surface area (Å²) in [6, 6.07) is 13.8. The number of hydrogen-bond acceptors (Lipinski definition) is 4. The maximum absolute atomic E-state index is 12.0. The second-order valence-corrected chi connectivity index (χ2v) is 8.17. The molecule has 28 heavy (non-hydrogen) atoms. The summed E-state index contributed by atoms with van der Waals surface area (Å²) in [5.74, 6) is 2.09. The zero-order valence-electron chi connectivity index (χ0n) is 16.0. The monoisotopic (exact) mass is 414 g/mol. The summed E-state index contributed by atoms with van der Waals surface area (Å²) in [7, 11) is 0. The lowest BCUT2D eigenvalue weighted by atomic mass is 10.1. The highest BCUT2D eigenvalue weighted by atomic mass is 35.5. The molecule has 1 heterocycles. The third kappa shape index (κ3) is 5.88. The molecule has 4 nitrogen and oxygen atoms in total. The van der Waals surface area contributed by atoms with Crippen LogP contribution in [-0.4, -0.2) is 23.2 Å². The van der Waals surface area contributed by atoms with Crippen LogP contribution in [0.1, 0.15) is 23.4 Å². The molecule has 146 valence electrons. The van der Waals surface area contributed by atoms with E-state index in [1.165, 1.54) is 16.0 Å². The van der Waals surface area contributed by atoms with Crippen LogP contribution in [0.25, 0.3) is 11.3 Å². The SMILES string of the molecule is Cc1ccc(SCCNC(=O)CCc2ncc(-c3ccc(Cl)cc3)o2)cc1C. The Morgan fingerprint density at radius 3 is 2.68 bits per heavy atom. The average Bonchev–Trinajstić information content (AvgIpc) is 3.16. The Morgan fingerprint density at radius 1 is 1.14 bits per heavy atom. The van der Waals surface area contributed by atoms with Crippen LogP contribution in [0.5, 0.6) is 0 Å². The van der Waals surface area contributed by atoms with E-state index >= 15 is 0 Å². The molecule has 2 aromatic carbocycles. The molecule has 6 heteroatoms. The van der Waals surface area contributed by atoms with Crippen LogP contribution in [0, 0.1) is 13.8 Å². The van der Waals surface area contributed by atoms with Crippen LogP contribution < -0.4 is 5.32 Å². The zero-order valence-corrected chi connectivity index (χ0v) is 17.6. The van der Waals surface area contributed by atoms with Crippen molar-refractivity contribution in [3.63, 3.8) is 0 Å². The molecule has 3 rings (SSSR count). The number of benzene rings is 2. The maximum Gasteiger partial charge on any atom is 0.220 e. The van der Waals surface area contributed by atoms with Crippen molar-refractivity contribution < 1.29 is 9.21 Å². The molecule has 1 N–H and O–H groups in total. The van der Waals surface area contributed by atoms with Crippen molar-refractivity contribution in [2.45, 2.75) is 31.6 Å². The van der Waals surface area contributed by atoms with Gasteiger partial charge in [-0.15, -0.1) is 11.8 Å². The van der Waals surface area contributed by atoms with Crippen LogP contribution in [0.3, 0.4) is 0 Å². The quantitative estimate of drug-likeness (QED) is 0.393. The summed E-state index contributed by atoms with van der Waals surface area (Å²) in [5, 5.41) is 3.63. The largest absolute Gasteiger partial charge is 0.441 e. The van der Waals surface area contributed by atoms with Gasteiger partial charge in [0.25, 0.3) is 0 Å². The summed E-state index contributed by atoms with van der Waals surface area (Å²) in [6.07, 6.45) is 2.51. The summed E-state index contributed by atoms with van der Waals surface area (Å²) < 4.78 is 5.73. The number of aromatic nitrogens is 1. The van der Waals surface area contributed by atoms with Crippen molar-refractivity contribution >= 4 is 29.3 Å². The first kappa shape index (κ1) is 20.5. The van der Waals surface area contributed by atoms with Gasteiger partial charge in [-0.25, -0.2) is 4.98 Å². The molecule has 0 fully saturated rings. The molecular weight excluding hydrogens is 392 g/mol. The van der Waals surface area contributed by atoms with Gasteiger partial charge in [-0.05, 0) is 61.4 Å². The highest BCUT2D eigenvalue weighted by Gasteiger charge is 2.09. The summed E-state index contributed by atoms with van der Waals surface area (Å²) in [6.45, 7) is 4.86. The van der Waals surface area contributed by atoms with E-state index < -0.39 is 0 Å². The van der Waals surface area contributed by atoms with Crippen molar-refractivity contribution in [1.82, 2.24) is 10.3 Å². The topological polar surface area (TPSA) is 55.1 Å². The van der Waals surface area contributed by atoms with Gasteiger partial charge in [0.05, 0.1) is 6.20 Å². The van der Waals surface area contributed by atoms with Gasteiger partial charge < -0.3 is 9.73 Å². The molecule has 3 aromatic rings. The zero-order chi connectivity index (χ0) is 19.9. The van der Waals surface area contributed by atoms with Crippen LogP contribution in [0.15, 0.2) is 58.0 Å². The van der Waals surface area contributed by atoms with Crippen molar-refractivity contribution in [3.8, 4) is 11.3 Å². The number of carbonyl (C=O) groups excluding carboxylic acids is 1.